The summed E-state index contributed by atoms with van der Waals surface area (Å²) in [4.78, 5) is 14.1. The van der Waals surface area contributed by atoms with Crippen LogP contribution in [0.15, 0.2) is 24.3 Å². The Labute approximate surface area is 129 Å². The Morgan fingerprint density at radius 1 is 1.27 bits per heavy atom. The molecule has 22 heavy (non-hydrogen) atoms. The zero-order valence-corrected chi connectivity index (χ0v) is 13.0. The van der Waals surface area contributed by atoms with Gasteiger partial charge in [-0.15, -0.1) is 0 Å². The zero-order valence-electron chi connectivity index (χ0n) is 13.0. The van der Waals surface area contributed by atoms with E-state index >= 15 is 0 Å². The van der Waals surface area contributed by atoms with Gasteiger partial charge in [-0.25, -0.2) is 0 Å². The van der Waals surface area contributed by atoms with Gasteiger partial charge >= 0.3 is 0 Å². The summed E-state index contributed by atoms with van der Waals surface area (Å²) in [6.45, 7) is 3.50. The van der Waals surface area contributed by atoms with Gasteiger partial charge in [-0.2, -0.15) is 5.10 Å². The third-order valence-electron chi connectivity index (χ3n) is 3.59. The lowest BCUT2D eigenvalue weighted by atomic mass is 10.1. The van der Waals surface area contributed by atoms with Crippen LogP contribution >= 0.6 is 0 Å². The van der Waals surface area contributed by atoms with Crippen LogP contribution in [0.4, 0.5) is 0 Å². The molecule has 0 unspecified atom stereocenters. The van der Waals surface area contributed by atoms with E-state index in [0.717, 1.165) is 22.8 Å². The average Bonchev–Trinajstić information content (AvgIpc) is 2.85. The molecule has 0 N–H and O–H groups in total. The van der Waals surface area contributed by atoms with Crippen molar-refractivity contribution in [2.75, 3.05) is 20.3 Å². The summed E-state index contributed by atoms with van der Waals surface area (Å²) in [5, 5.41) is 4.21. The van der Waals surface area contributed by atoms with Gasteiger partial charge in [-0.1, -0.05) is 6.07 Å². The molecule has 6 nitrogen and oxygen atoms in total. The van der Waals surface area contributed by atoms with Crippen LogP contribution in [0.5, 0.6) is 11.5 Å². The van der Waals surface area contributed by atoms with Gasteiger partial charge in [0.1, 0.15) is 18.9 Å². The van der Waals surface area contributed by atoms with Crippen LogP contribution in [-0.4, -0.2) is 40.8 Å². The highest BCUT2D eigenvalue weighted by atomic mass is 16.6. The first-order valence-electron chi connectivity index (χ1n) is 7.19. The molecular formula is C16H19N3O3. The Hall–Kier alpha value is -2.50. The van der Waals surface area contributed by atoms with Crippen molar-refractivity contribution >= 4 is 5.91 Å². The number of rotatable bonds is 3. The minimum Gasteiger partial charge on any atom is -0.486 e. The van der Waals surface area contributed by atoms with Crippen molar-refractivity contribution in [3.05, 3.63) is 41.2 Å². The first-order valence-corrected chi connectivity index (χ1v) is 7.19. The summed E-state index contributed by atoms with van der Waals surface area (Å²) in [5.74, 6) is 1.44. The molecule has 0 aliphatic carbocycles. The molecule has 0 atom stereocenters. The molecule has 0 bridgehead atoms. The van der Waals surface area contributed by atoms with Crippen LogP contribution in [0.1, 0.15) is 21.7 Å². The van der Waals surface area contributed by atoms with E-state index in [1.54, 1.807) is 29.7 Å². The number of aryl methyl sites for hydroxylation is 2. The maximum atomic E-state index is 12.5. The molecule has 3 rings (SSSR count). The third-order valence-corrected chi connectivity index (χ3v) is 3.59. The van der Waals surface area contributed by atoms with Gasteiger partial charge in [0.15, 0.2) is 11.5 Å². The third kappa shape index (κ3) is 2.77. The molecule has 0 fully saturated rings. The normalized spacial score (nSPS) is 13.0. The molecule has 1 aromatic heterocycles. The van der Waals surface area contributed by atoms with Crippen molar-refractivity contribution in [3.8, 4) is 11.5 Å². The van der Waals surface area contributed by atoms with Crippen molar-refractivity contribution < 1.29 is 14.3 Å². The molecule has 2 aromatic rings. The Balaban J connectivity index is 1.75. The van der Waals surface area contributed by atoms with E-state index in [4.69, 9.17) is 9.47 Å². The quantitative estimate of drug-likeness (QED) is 0.867. The first-order chi connectivity index (χ1) is 10.5. The van der Waals surface area contributed by atoms with E-state index in [2.05, 4.69) is 5.10 Å². The van der Waals surface area contributed by atoms with Crippen LogP contribution in [0, 0.1) is 6.92 Å². The summed E-state index contributed by atoms with van der Waals surface area (Å²) < 4.78 is 12.7. The fourth-order valence-corrected chi connectivity index (χ4v) is 2.54. The highest BCUT2D eigenvalue weighted by molar-refractivity contribution is 5.92. The fraction of sp³-hybridized carbons (Fsp3) is 0.375. The van der Waals surface area contributed by atoms with Crippen LogP contribution in [0.3, 0.4) is 0 Å². The Morgan fingerprint density at radius 2 is 2.00 bits per heavy atom. The molecule has 0 spiro atoms. The van der Waals surface area contributed by atoms with Gasteiger partial charge < -0.3 is 14.4 Å². The average molecular weight is 301 g/mol. The van der Waals surface area contributed by atoms with Crippen molar-refractivity contribution in [2.24, 2.45) is 7.05 Å². The maximum Gasteiger partial charge on any atom is 0.272 e. The number of ether oxygens (including phenoxy) is 2. The number of fused-ring (bicyclic) bond motifs is 1. The second kappa shape index (κ2) is 5.71. The number of amides is 1. The zero-order chi connectivity index (χ0) is 15.7. The van der Waals surface area contributed by atoms with E-state index in [-0.39, 0.29) is 5.91 Å². The lowest BCUT2D eigenvalue weighted by Gasteiger charge is -2.21. The number of hydrogen-bond donors (Lipinski definition) is 0. The fourth-order valence-electron chi connectivity index (χ4n) is 2.54. The van der Waals surface area contributed by atoms with Gasteiger partial charge in [0.25, 0.3) is 5.91 Å². The molecule has 1 aromatic carbocycles. The van der Waals surface area contributed by atoms with Crippen molar-refractivity contribution in [1.82, 2.24) is 14.7 Å². The Morgan fingerprint density at radius 3 is 2.68 bits per heavy atom. The van der Waals surface area contributed by atoms with Crippen LogP contribution in [-0.2, 0) is 13.6 Å². The van der Waals surface area contributed by atoms with Gasteiger partial charge in [-0.05, 0) is 30.7 Å². The van der Waals surface area contributed by atoms with Crippen LogP contribution in [0.25, 0.3) is 0 Å². The highest BCUT2D eigenvalue weighted by Crippen LogP contribution is 2.31. The number of carbonyl (C=O) groups is 1. The van der Waals surface area contributed by atoms with E-state index in [1.807, 2.05) is 25.1 Å². The van der Waals surface area contributed by atoms with E-state index in [0.29, 0.717) is 25.5 Å². The standard InChI is InChI=1S/C16H19N3O3/c1-11-8-13(19(3)17-11)16(20)18(2)10-12-4-5-14-15(9-12)22-7-6-21-14/h4-5,8-9H,6-7,10H2,1-3H3. The SMILES string of the molecule is Cc1cc(C(=O)N(C)Cc2ccc3c(c2)OCCO3)n(C)n1. The van der Waals surface area contributed by atoms with Crippen LogP contribution < -0.4 is 9.47 Å². The van der Waals surface area contributed by atoms with Gasteiger partial charge in [0.05, 0.1) is 5.69 Å². The summed E-state index contributed by atoms with van der Waals surface area (Å²) >= 11 is 0. The maximum absolute atomic E-state index is 12.5. The first kappa shape index (κ1) is 14.4. The minimum atomic E-state index is -0.0574. The van der Waals surface area contributed by atoms with E-state index in [1.165, 1.54) is 0 Å². The monoisotopic (exact) mass is 301 g/mol. The minimum absolute atomic E-state index is 0.0574. The molecule has 0 radical (unpaired) electrons. The second-order valence-corrected chi connectivity index (χ2v) is 5.43. The number of hydrogen-bond acceptors (Lipinski definition) is 4. The van der Waals surface area contributed by atoms with E-state index in [9.17, 15) is 4.79 Å². The molecule has 0 saturated carbocycles. The van der Waals surface area contributed by atoms with Gasteiger partial charge in [0.2, 0.25) is 0 Å². The van der Waals surface area contributed by atoms with Crippen LogP contribution in [0.2, 0.25) is 0 Å². The topological polar surface area (TPSA) is 56.6 Å². The molecular weight excluding hydrogens is 282 g/mol. The molecule has 0 saturated heterocycles. The largest absolute Gasteiger partial charge is 0.486 e. The lowest BCUT2D eigenvalue weighted by molar-refractivity contribution is 0.0774. The number of aromatic nitrogens is 2. The molecule has 6 heteroatoms. The van der Waals surface area contributed by atoms with Gasteiger partial charge in [-0.3, -0.25) is 9.48 Å². The van der Waals surface area contributed by atoms with E-state index < -0.39 is 0 Å². The Bertz CT molecular complexity index is 709. The predicted octanol–water partition coefficient (Wildman–Crippen LogP) is 1.77. The summed E-state index contributed by atoms with van der Waals surface area (Å²) in [6.07, 6.45) is 0. The molecule has 116 valence electrons. The number of benzene rings is 1. The summed E-state index contributed by atoms with van der Waals surface area (Å²) in [5.41, 5.74) is 2.41. The second-order valence-electron chi connectivity index (χ2n) is 5.43. The number of carbonyl (C=O) groups excluding carboxylic acids is 1. The van der Waals surface area contributed by atoms with Crippen molar-refractivity contribution in [1.29, 1.82) is 0 Å². The Kier molecular flexibility index (Phi) is 3.75. The number of nitrogens with zero attached hydrogens (tertiary/aromatic N) is 3. The predicted molar refractivity (Wildman–Crippen MR) is 81.2 cm³/mol. The molecule has 1 aliphatic heterocycles. The summed E-state index contributed by atoms with van der Waals surface area (Å²) in [7, 11) is 3.56. The summed E-state index contributed by atoms with van der Waals surface area (Å²) in [6, 6.07) is 7.55. The highest BCUT2D eigenvalue weighted by Gasteiger charge is 2.18. The van der Waals surface area contributed by atoms with Crippen molar-refractivity contribution in [3.63, 3.8) is 0 Å². The lowest BCUT2D eigenvalue weighted by Crippen LogP contribution is -2.28. The van der Waals surface area contributed by atoms with Crippen molar-refractivity contribution in [2.45, 2.75) is 13.5 Å². The molecule has 1 aliphatic rings. The molecule has 2 heterocycles. The smallest absolute Gasteiger partial charge is 0.272 e. The molecule has 1 amide bonds. The van der Waals surface area contributed by atoms with Gasteiger partial charge in [0, 0.05) is 20.6 Å².